The molecule has 3 N–H and O–H groups in total. The molecule has 0 aromatic heterocycles. The normalized spacial score (nSPS) is 12.0. The molecular formula is C18H22N2O4S. The Balaban J connectivity index is 2.26. The van der Waals surface area contributed by atoms with Gasteiger partial charge in [0.1, 0.15) is 5.75 Å². The lowest BCUT2D eigenvalue weighted by atomic mass is 9.87. The maximum atomic E-state index is 12.4. The molecule has 2 aromatic rings. The first kappa shape index (κ1) is 19.0. The van der Waals surface area contributed by atoms with Crippen LogP contribution in [0, 0.1) is 0 Å². The molecule has 0 bridgehead atoms. The zero-order chi connectivity index (χ0) is 18.8. The minimum atomic E-state index is -3.55. The van der Waals surface area contributed by atoms with Crippen molar-refractivity contribution in [2.24, 2.45) is 0 Å². The largest absolute Gasteiger partial charge is 0.506 e. The third-order valence-electron chi connectivity index (χ3n) is 3.81. The third-order valence-corrected chi connectivity index (χ3v) is 5.24. The van der Waals surface area contributed by atoms with Crippen LogP contribution in [0.1, 0.15) is 36.7 Å². The van der Waals surface area contributed by atoms with Crippen molar-refractivity contribution >= 4 is 21.6 Å². The number of phenols is 1. The molecule has 7 heteroatoms. The van der Waals surface area contributed by atoms with Gasteiger partial charge in [-0.3, -0.25) is 4.79 Å². The second-order valence-corrected chi connectivity index (χ2v) is 8.55. The summed E-state index contributed by atoms with van der Waals surface area (Å²) >= 11 is 0. The van der Waals surface area contributed by atoms with Crippen molar-refractivity contribution in [2.75, 3.05) is 12.4 Å². The van der Waals surface area contributed by atoms with Gasteiger partial charge >= 0.3 is 0 Å². The van der Waals surface area contributed by atoms with E-state index in [9.17, 15) is 18.3 Å². The van der Waals surface area contributed by atoms with Crippen LogP contribution in [0.3, 0.4) is 0 Å². The Bertz CT molecular complexity index is 882. The topological polar surface area (TPSA) is 95.5 Å². The van der Waals surface area contributed by atoms with Gasteiger partial charge in [-0.2, -0.15) is 0 Å². The van der Waals surface area contributed by atoms with E-state index in [-0.39, 0.29) is 21.6 Å². The van der Waals surface area contributed by atoms with Crippen LogP contribution >= 0.6 is 0 Å². The van der Waals surface area contributed by atoms with Gasteiger partial charge in [-0.15, -0.1) is 0 Å². The monoisotopic (exact) mass is 362 g/mol. The van der Waals surface area contributed by atoms with E-state index in [4.69, 9.17) is 0 Å². The van der Waals surface area contributed by atoms with Crippen LogP contribution in [-0.2, 0) is 15.4 Å². The van der Waals surface area contributed by atoms with Crippen LogP contribution in [0.2, 0.25) is 0 Å². The predicted octanol–water partition coefficient (Wildman–Crippen LogP) is 2.85. The summed E-state index contributed by atoms with van der Waals surface area (Å²) in [6.07, 6.45) is 0. The standard InChI is InChI=1S/C18H22N2O4S/c1-18(2,3)13-7-10-16(21)15(11-13)20-17(22)12-5-8-14(9-6-12)25(23,24)19-4/h5-11,19,21H,1-4H3,(H,20,22). The highest BCUT2D eigenvalue weighted by atomic mass is 32.2. The number of anilines is 1. The summed E-state index contributed by atoms with van der Waals surface area (Å²) in [6.45, 7) is 6.10. The maximum absolute atomic E-state index is 12.4. The Hall–Kier alpha value is -2.38. The Morgan fingerprint density at radius 3 is 2.16 bits per heavy atom. The fraction of sp³-hybridized carbons (Fsp3) is 0.278. The molecule has 0 aliphatic heterocycles. The maximum Gasteiger partial charge on any atom is 0.255 e. The first-order valence-corrected chi connectivity index (χ1v) is 9.21. The van der Waals surface area contributed by atoms with Gasteiger partial charge < -0.3 is 10.4 Å². The lowest BCUT2D eigenvalue weighted by molar-refractivity contribution is 0.102. The van der Waals surface area contributed by atoms with Gasteiger partial charge in [0.15, 0.2) is 0 Å². The van der Waals surface area contributed by atoms with Crippen LogP contribution in [-0.4, -0.2) is 26.5 Å². The first-order chi connectivity index (χ1) is 11.5. The number of phenolic OH excluding ortho intramolecular Hbond substituents is 1. The number of hydrogen-bond acceptors (Lipinski definition) is 4. The number of benzene rings is 2. The summed E-state index contributed by atoms with van der Waals surface area (Å²) < 4.78 is 25.6. The van der Waals surface area contributed by atoms with E-state index in [0.717, 1.165) is 5.56 Å². The zero-order valence-corrected chi connectivity index (χ0v) is 15.4. The van der Waals surface area contributed by atoms with Gasteiger partial charge in [-0.1, -0.05) is 26.8 Å². The van der Waals surface area contributed by atoms with Gasteiger partial charge in [0.2, 0.25) is 10.0 Å². The van der Waals surface area contributed by atoms with Crippen molar-refractivity contribution in [3.63, 3.8) is 0 Å². The number of carbonyl (C=O) groups is 1. The van der Waals surface area contributed by atoms with E-state index in [1.165, 1.54) is 31.3 Å². The summed E-state index contributed by atoms with van der Waals surface area (Å²) in [5.41, 5.74) is 1.44. The van der Waals surface area contributed by atoms with E-state index >= 15 is 0 Å². The van der Waals surface area contributed by atoms with Gasteiger partial charge in [0, 0.05) is 5.56 Å². The molecule has 0 aliphatic rings. The molecule has 0 saturated carbocycles. The van der Waals surface area contributed by atoms with Gasteiger partial charge in [0.05, 0.1) is 10.6 Å². The van der Waals surface area contributed by atoms with E-state index in [2.05, 4.69) is 10.0 Å². The van der Waals surface area contributed by atoms with Crippen molar-refractivity contribution in [3.05, 3.63) is 53.6 Å². The van der Waals surface area contributed by atoms with Crippen LogP contribution in [0.25, 0.3) is 0 Å². The zero-order valence-electron chi connectivity index (χ0n) is 14.6. The Labute approximate surface area is 147 Å². The molecule has 0 aliphatic carbocycles. The van der Waals surface area contributed by atoms with Crippen LogP contribution in [0.15, 0.2) is 47.4 Å². The van der Waals surface area contributed by atoms with E-state index in [1.807, 2.05) is 26.8 Å². The quantitative estimate of drug-likeness (QED) is 0.729. The van der Waals surface area contributed by atoms with E-state index in [0.29, 0.717) is 5.69 Å². The highest BCUT2D eigenvalue weighted by molar-refractivity contribution is 7.89. The van der Waals surface area contributed by atoms with E-state index < -0.39 is 15.9 Å². The van der Waals surface area contributed by atoms with Crippen molar-refractivity contribution in [2.45, 2.75) is 31.1 Å². The Morgan fingerprint density at radius 2 is 1.64 bits per heavy atom. The number of carbonyl (C=O) groups excluding carboxylic acids is 1. The van der Waals surface area contributed by atoms with Crippen LogP contribution < -0.4 is 10.0 Å². The molecule has 134 valence electrons. The number of sulfonamides is 1. The second kappa shape index (κ2) is 6.85. The lowest BCUT2D eigenvalue weighted by Gasteiger charge is -2.20. The third kappa shape index (κ3) is 4.37. The highest BCUT2D eigenvalue weighted by Gasteiger charge is 2.17. The molecule has 0 atom stereocenters. The molecule has 25 heavy (non-hydrogen) atoms. The average Bonchev–Trinajstić information content (AvgIpc) is 2.56. The summed E-state index contributed by atoms with van der Waals surface area (Å²) in [5, 5.41) is 12.6. The van der Waals surface area contributed by atoms with Gasteiger partial charge in [-0.25, -0.2) is 13.1 Å². The highest BCUT2D eigenvalue weighted by Crippen LogP contribution is 2.31. The summed E-state index contributed by atoms with van der Waals surface area (Å²) in [6, 6.07) is 10.6. The number of aromatic hydroxyl groups is 1. The molecule has 2 rings (SSSR count). The fourth-order valence-electron chi connectivity index (χ4n) is 2.20. The van der Waals surface area contributed by atoms with Crippen LogP contribution in [0.4, 0.5) is 5.69 Å². The summed E-state index contributed by atoms with van der Waals surface area (Å²) in [7, 11) is -2.23. The number of nitrogens with one attached hydrogen (secondary N) is 2. The molecule has 6 nitrogen and oxygen atoms in total. The number of hydrogen-bond donors (Lipinski definition) is 3. The summed E-state index contributed by atoms with van der Waals surface area (Å²) in [4.78, 5) is 12.4. The summed E-state index contributed by atoms with van der Waals surface area (Å²) in [5.74, 6) is -0.467. The van der Waals surface area contributed by atoms with Crippen molar-refractivity contribution in [3.8, 4) is 5.75 Å². The number of amides is 1. The van der Waals surface area contributed by atoms with Gasteiger partial charge in [0.25, 0.3) is 5.91 Å². The van der Waals surface area contributed by atoms with Gasteiger partial charge in [-0.05, 0) is 54.4 Å². The SMILES string of the molecule is CNS(=O)(=O)c1ccc(C(=O)Nc2cc(C(C)(C)C)ccc2O)cc1. The molecule has 0 fully saturated rings. The number of rotatable bonds is 4. The van der Waals surface area contributed by atoms with Crippen molar-refractivity contribution in [1.29, 1.82) is 0 Å². The molecule has 0 radical (unpaired) electrons. The minimum Gasteiger partial charge on any atom is -0.506 e. The lowest BCUT2D eigenvalue weighted by Crippen LogP contribution is -2.19. The molecule has 0 saturated heterocycles. The Morgan fingerprint density at radius 1 is 1.04 bits per heavy atom. The fourth-order valence-corrected chi connectivity index (χ4v) is 2.93. The minimum absolute atomic E-state index is 0.0317. The average molecular weight is 362 g/mol. The van der Waals surface area contributed by atoms with E-state index in [1.54, 1.807) is 12.1 Å². The molecule has 0 spiro atoms. The molecule has 0 heterocycles. The smallest absolute Gasteiger partial charge is 0.255 e. The van der Waals surface area contributed by atoms with Crippen LogP contribution in [0.5, 0.6) is 5.75 Å². The van der Waals surface area contributed by atoms with Crippen molar-refractivity contribution < 1.29 is 18.3 Å². The molecule has 1 amide bonds. The molecular weight excluding hydrogens is 340 g/mol. The second-order valence-electron chi connectivity index (χ2n) is 6.67. The molecule has 0 unspecified atom stereocenters. The molecule has 2 aromatic carbocycles. The Kier molecular flexibility index (Phi) is 5.20. The van der Waals surface area contributed by atoms with Crippen molar-refractivity contribution in [1.82, 2.24) is 4.72 Å². The first-order valence-electron chi connectivity index (χ1n) is 7.73. The predicted molar refractivity (Wildman–Crippen MR) is 97.4 cm³/mol.